The van der Waals surface area contributed by atoms with Gasteiger partial charge in [0.25, 0.3) is 11.8 Å². The first kappa shape index (κ1) is 27.1. The Labute approximate surface area is 246 Å². The van der Waals surface area contributed by atoms with Gasteiger partial charge in [0.05, 0.1) is 43.3 Å². The van der Waals surface area contributed by atoms with Crippen molar-refractivity contribution in [3.63, 3.8) is 0 Å². The van der Waals surface area contributed by atoms with E-state index in [4.69, 9.17) is 0 Å². The first-order valence-electron chi connectivity index (χ1n) is 14.2. The van der Waals surface area contributed by atoms with Crippen molar-refractivity contribution in [2.45, 2.75) is 24.9 Å². The minimum Gasteiger partial charge on any atom is -0.328 e. The summed E-state index contributed by atoms with van der Waals surface area (Å²) in [5.74, 6) is 0.0653. The van der Waals surface area contributed by atoms with Gasteiger partial charge in [0.1, 0.15) is 6.54 Å². The molecule has 1 N–H and O–H groups in total. The Kier molecular flexibility index (Phi) is 8.03. The van der Waals surface area contributed by atoms with E-state index in [9.17, 15) is 9.59 Å². The van der Waals surface area contributed by atoms with Gasteiger partial charge in [-0.15, -0.1) is 0 Å². The molecular weight excluding hydrogens is 526 g/mol. The number of hydrogen-bond acceptors (Lipinski definition) is 3. The zero-order chi connectivity index (χ0) is 28.2. The maximum absolute atomic E-state index is 13.7. The van der Waals surface area contributed by atoms with E-state index >= 15 is 0 Å². The average molecular weight is 561 g/mol. The fourth-order valence-corrected chi connectivity index (χ4v) is 6.61. The standard InChI is InChI=1S/C35H33N3O2S/c1-26-8-7-11-29(22-26)25-38-31-12-5-6-13-32(31)41-33(35(38)40)23-27-14-16-30(17-15-27)34(39)37-20-18-36(19-21-37)24-28-9-3-2-4-10-28/h2-17,22-23H,18-21,24-25H2,1H3/p+1. The highest BCUT2D eigenvalue weighted by atomic mass is 32.2. The highest BCUT2D eigenvalue weighted by Crippen LogP contribution is 2.42. The predicted octanol–water partition coefficient (Wildman–Crippen LogP) is 5.22. The molecule has 2 heterocycles. The average Bonchev–Trinajstić information content (AvgIpc) is 3.00. The van der Waals surface area contributed by atoms with Crippen LogP contribution in [0.2, 0.25) is 0 Å². The van der Waals surface area contributed by atoms with E-state index in [1.807, 2.05) is 70.5 Å². The Balaban J connectivity index is 1.13. The van der Waals surface area contributed by atoms with Crippen LogP contribution in [0.25, 0.3) is 6.08 Å². The summed E-state index contributed by atoms with van der Waals surface area (Å²) < 4.78 is 0. The van der Waals surface area contributed by atoms with Gasteiger partial charge in [0, 0.05) is 16.0 Å². The van der Waals surface area contributed by atoms with Crippen LogP contribution in [-0.4, -0.2) is 42.9 Å². The summed E-state index contributed by atoms with van der Waals surface area (Å²) in [6, 6.07) is 34.5. The molecule has 5 nitrogen and oxygen atoms in total. The molecule has 1 saturated heterocycles. The number of amides is 2. The molecule has 0 saturated carbocycles. The van der Waals surface area contributed by atoms with Gasteiger partial charge >= 0.3 is 0 Å². The Morgan fingerprint density at radius 1 is 0.854 bits per heavy atom. The molecule has 1 fully saturated rings. The van der Waals surface area contributed by atoms with Crippen molar-refractivity contribution < 1.29 is 14.5 Å². The second-order valence-corrected chi connectivity index (χ2v) is 11.9. The molecule has 6 rings (SSSR count). The number of anilines is 1. The number of rotatable bonds is 6. The number of benzene rings is 4. The Morgan fingerprint density at radius 3 is 2.32 bits per heavy atom. The van der Waals surface area contributed by atoms with Crippen LogP contribution in [0.3, 0.4) is 0 Å². The third-order valence-electron chi connectivity index (χ3n) is 7.77. The van der Waals surface area contributed by atoms with E-state index in [2.05, 4.69) is 55.5 Å². The van der Waals surface area contributed by atoms with Crippen LogP contribution >= 0.6 is 11.8 Å². The molecule has 41 heavy (non-hydrogen) atoms. The monoisotopic (exact) mass is 560 g/mol. The Morgan fingerprint density at radius 2 is 1.56 bits per heavy atom. The maximum Gasteiger partial charge on any atom is 0.265 e. The highest BCUT2D eigenvalue weighted by molar-refractivity contribution is 8.04. The van der Waals surface area contributed by atoms with Crippen molar-refractivity contribution in [3.05, 3.63) is 136 Å². The van der Waals surface area contributed by atoms with Gasteiger partial charge in [-0.25, -0.2) is 0 Å². The second kappa shape index (κ2) is 12.2. The third kappa shape index (κ3) is 6.29. The molecule has 0 unspecified atom stereocenters. The summed E-state index contributed by atoms with van der Waals surface area (Å²) in [5.41, 5.74) is 6.15. The van der Waals surface area contributed by atoms with Crippen molar-refractivity contribution in [3.8, 4) is 0 Å². The molecule has 0 radical (unpaired) electrons. The third-order valence-corrected chi connectivity index (χ3v) is 8.84. The fraction of sp³-hybridized carbons (Fsp3) is 0.200. The number of fused-ring (bicyclic) bond motifs is 1. The first-order chi connectivity index (χ1) is 20.0. The van der Waals surface area contributed by atoms with Crippen LogP contribution in [0.4, 0.5) is 5.69 Å². The zero-order valence-corrected chi connectivity index (χ0v) is 24.1. The van der Waals surface area contributed by atoms with E-state index in [-0.39, 0.29) is 11.8 Å². The molecule has 0 aliphatic carbocycles. The summed E-state index contributed by atoms with van der Waals surface area (Å²) in [6.45, 7) is 6.99. The summed E-state index contributed by atoms with van der Waals surface area (Å²) in [5, 5.41) is 0. The summed E-state index contributed by atoms with van der Waals surface area (Å²) in [7, 11) is 0. The van der Waals surface area contributed by atoms with Crippen LogP contribution in [0.1, 0.15) is 32.6 Å². The van der Waals surface area contributed by atoms with E-state index in [0.717, 1.165) is 54.4 Å². The van der Waals surface area contributed by atoms with E-state index in [1.54, 1.807) is 0 Å². The summed E-state index contributed by atoms with van der Waals surface area (Å²) in [6.07, 6.45) is 1.94. The quantitative estimate of drug-likeness (QED) is 0.329. The Bertz CT molecular complexity index is 1570. The number of carbonyl (C=O) groups is 2. The van der Waals surface area contributed by atoms with Gasteiger partial charge in [-0.1, -0.05) is 96.2 Å². The van der Waals surface area contributed by atoms with Crippen molar-refractivity contribution >= 4 is 35.3 Å². The minimum atomic E-state index is -0.00812. The van der Waals surface area contributed by atoms with Crippen molar-refractivity contribution in [2.75, 3.05) is 31.1 Å². The Hall–Kier alpha value is -4.13. The van der Waals surface area contributed by atoms with Gasteiger partial charge in [-0.05, 0) is 48.4 Å². The lowest BCUT2D eigenvalue weighted by Gasteiger charge is -2.32. The SMILES string of the molecule is Cc1cccc(CN2C(=O)C(=Cc3ccc(C(=O)N4CC[NH+](Cc5ccccc5)CC4)cc3)Sc3ccccc32)c1. The normalized spacial score (nSPS) is 16.6. The van der Waals surface area contributed by atoms with Crippen LogP contribution in [0, 0.1) is 6.92 Å². The van der Waals surface area contributed by atoms with Crippen molar-refractivity contribution in [1.29, 1.82) is 0 Å². The predicted molar refractivity (Wildman–Crippen MR) is 166 cm³/mol. The molecule has 206 valence electrons. The number of nitrogens with zero attached hydrogens (tertiary/aromatic N) is 2. The molecule has 0 bridgehead atoms. The number of thioether (sulfide) groups is 1. The number of carbonyl (C=O) groups excluding carboxylic acids is 2. The van der Waals surface area contributed by atoms with Crippen molar-refractivity contribution in [1.82, 2.24) is 4.90 Å². The maximum atomic E-state index is 13.7. The molecule has 2 aliphatic heterocycles. The lowest BCUT2D eigenvalue weighted by molar-refractivity contribution is -0.917. The van der Waals surface area contributed by atoms with Gasteiger partial charge in [-0.2, -0.15) is 0 Å². The molecule has 2 aliphatic rings. The molecule has 0 atom stereocenters. The van der Waals surface area contributed by atoms with E-state index in [0.29, 0.717) is 17.0 Å². The summed E-state index contributed by atoms with van der Waals surface area (Å²) in [4.78, 5) is 34.0. The number of nitrogens with one attached hydrogen (secondary N) is 1. The first-order valence-corrected chi connectivity index (χ1v) is 15.0. The molecule has 0 aromatic heterocycles. The van der Waals surface area contributed by atoms with Gasteiger partial charge in [-0.3, -0.25) is 9.59 Å². The minimum absolute atomic E-state index is 0.00812. The van der Waals surface area contributed by atoms with Crippen LogP contribution < -0.4 is 9.80 Å². The number of aryl methyl sites for hydroxylation is 1. The van der Waals surface area contributed by atoms with Crippen LogP contribution in [0.15, 0.2) is 113 Å². The molecule has 4 aromatic rings. The topological polar surface area (TPSA) is 45.1 Å². The van der Waals surface area contributed by atoms with Crippen LogP contribution in [-0.2, 0) is 17.9 Å². The molecule has 6 heteroatoms. The second-order valence-electron chi connectivity index (χ2n) is 10.8. The smallest absolute Gasteiger partial charge is 0.265 e. The lowest BCUT2D eigenvalue weighted by atomic mass is 10.1. The molecule has 0 spiro atoms. The zero-order valence-electron chi connectivity index (χ0n) is 23.3. The number of hydrogen-bond donors (Lipinski definition) is 1. The van der Waals surface area contributed by atoms with E-state index < -0.39 is 0 Å². The number of para-hydroxylation sites is 1. The lowest BCUT2D eigenvalue weighted by Crippen LogP contribution is -3.13. The van der Waals surface area contributed by atoms with Gasteiger partial charge < -0.3 is 14.7 Å². The van der Waals surface area contributed by atoms with Crippen molar-refractivity contribution in [2.24, 2.45) is 0 Å². The molecular formula is C35H34N3O2S+. The number of quaternary nitrogens is 1. The summed E-state index contributed by atoms with van der Waals surface area (Å²) >= 11 is 1.50. The van der Waals surface area contributed by atoms with Crippen LogP contribution in [0.5, 0.6) is 0 Å². The van der Waals surface area contributed by atoms with E-state index in [1.165, 1.54) is 27.8 Å². The number of piperazine rings is 1. The fourth-order valence-electron chi connectivity index (χ4n) is 5.56. The van der Waals surface area contributed by atoms with Gasteiger partial charge in [0.2, 0.25) is 0 Å². The molecule has 4 aromatic carbocycles. The highest BCUT2D eigenvalue weighted by Gasteiger charge is 2.29. The molecule has 2 amide bonds. The van der Waals surface area contributed by atoms with Gasteiger partial charge in [0.15, 0.2) is 0 Å². The largest absolute Gasteiger partial charge is 0.328 e.